The predicted molar refractivity (Wildman–Crippen MR) is 112 cm³/mol. The van der Waals surface area contributed by atoms with Crippen molar-refractivity contribution in [3.8, 4) is 5.75 Å². The molecule has 1 aliphatic rings. The fraction of sp³-hybridized carbons (Fsp3) is 0.450. The van der Waals surface area contributed by atoms with Crippen LogP contribution in [0.25, 0.3) is 0 Å². The summed E-state index contributed by atoms with van der Waals surface area (Å²) in [6.07, 6.45) is 6.08. The van der Waals surface area contributed by atoms with E-state index in [1.165, 1.54) is 24.7 Å². The maximum Gasteiger partial charge on any atom is 0.348 e. The molecule has 0 atom stereocenters. The summed E-state index contributed by atoms with van der Waals surface area (Å²) in [6.45, 7) is 1.92. The van der Waals surface area contributed by atoms with Crippen LogP contribution in [0, 0.1) is 0 Å². The van der Waals surface area contributed by atoms with Gasteiger partial charge in [-0.3, -0.25) is 4.79 Å². The second-order valence-corrected chi connectivity index (χ2v) is 10.4. The fourth-order valence-corrected chi connectivity index (χ4v) is 5.93. The number of carbonyl (C=O) groups is 1. The lowest BCUT2D eigenvalue weighted by molar-refractivity contribution is -0.118. The van der Waals surface area contributed by atoms with E-state index >= 15 is 0 Å². The van der Waals surface area contributed by atoms with Gasteiger partial charge in [-0.25, -0.2) is 0 Å². The smallest absolute Gasteiger partial charge is 0.348 e. The van der Waals surface area contributed by atoms with Crippen molar-refractivity contribution in [3.63, 3.8) is 0 Å². The minimum Gasteiger partial charge on any atom is -0.378 e. The molecule has 1 aliphatic carbocycles. The minimum absolute atomic E-state index is 0.106. The molecule has 1 saturated carbocycles. The minimum atomic E-state index is -3.92. The summed E-state index contributed by atoms with van der Waals surface area (Å²) in [4.78, 5) is 11.8. The summed E-state index contributed by atoms with van der Waals surface area (Å²) in [7, 11) is -3.92. The number of nitrogens with one attached hydrogen (secondary N) is 1. The van der Waals surface area contributed by atoms with Gasteiger partial charge in [-0.15, -0.1) is 11.3 Å². The van der Waals surface area contributed by atoms with Crippen molar-refractivity contribution >= 4 is 39.0 Å². The van der Waals surface area contributed by atoms with Gasteiger partial charge in [0.15, 0.2) is 4.21 Å². The van der Waals surface area contributed by atoms with Crippen LogP contribution in [0.2, 0.25) is 5.02 Å². The fourth-order valence-electron chi connectivity index (χ4n) is 3.48. The molecule has 0 bridgehead atoms. The van der Waals surface area contributed by atoms with E-state index in [9.17, 15) is 13.2 Å². The third-order valence-electron chi connectivity index (χ3n) is 4.85. The lowest BCUT2D eigenvalue weighted by atomic mass is 9.84. The summed E-state index contributed by atoms with van der Waals surface area (Å²) < 4.78 is 31.3. The molecule has 1 fully saturated rings. The van der Waals surface area contributed by atoms with Gasteiger partial charge in [0.2, 0.25) is 5.91 Å². The molecular weight excluding hydrogens is 418 g/mol. The van der Waals surface area contributed by atoms with Crippen LogP contribution < -0.4 is 9.50 Å². The van der Waals surface area contributed by atoms with Gasteiger partial charge in [-0.1, -0.05) is 30.9 Å². The predicted octanol–water partition coefficient (Wildman–Crippen LogP) is 4.90. The lowest BCUT2D eigenvalue weighted by Crippen LogP contribution is -2.22. The van der Waals surface area contributed by atoms with Gasteiger partial charge in [0, 0.05) is 28.9 Å². The van der Waals surface area contributed by atoms with Crippen LogP contribution >= 0.6 is 22.9 Å². The van der Waals surface area contributed by atoms with Crippen molar-refractivity contribution in [1.29, 1.82) is 0 Å². The van der Waals surface area contributed by atoms with Crippen LogP contribution in [-0.4, -0.2) is 20.9 Å². The molecule has 8 heteroatoms. The highest BCUT2D eigenvalue weighted by Crippen LogP contribution is 2.40. The lowest BCUT2D eigenvalue weighted by Gasteiger charge is -2.24. The molecule has 1 amide bonds. The summed E-state index contributed by atoms with van der Waals surface area (Å²) in [5, 5.41) is 3.29. The van der Waals surface area contributed by atoms with Crippen molar-refractivity contribution in [2.24, 2.45) is 0 Å². The average Bonchev–Trinajstić information content (AvgIpc) is 3.13. The maximum absolute atomic E-state index is 12.8. The Morgan fingerprint density at radius 3 is 2.68 bits per heavy atom. The monoisotopic (exact) mass is 441 g/mol. The number of thiophene rings is 1. The van der Waals surface area contributed by atoms with Crippen molar-refractivity contribution in [2.45, 2.75) is 55.6 Å². The molecule has 2 aromatic rings. The van der Waals surface area contributed by atoms with E-state index in [-0.39, 0.29) is 16.0 Å². The Kier molecular flexibility index (Phi) is 7.01. The highest BCUT2D eigenvalue weighted by atomic mass is 35.5. The Morgan fingerprint density at radius 2 is 1.96 bits per heavy atom. The van der Waals surface area contributed by atoms with Gasteiger partial charge in [0.05, 0.1) is 0 Å². The number of hydrogen-bond acceptors (Lipinski definition) is 5. The molecule has 0 aliphatic heterocycles. The largest absolute Gasteiger partial charge is 0.378 e. The van der Waals surface area contributed by atoms with Gasteiger partial charge in [0.25, 0.3) is 0 Å². The Balaban J connectivity index is 1.77. The Labute approximate surface area is 175 Å². The zero-order valence-corrected chi connectivity index (χ0v) is 18.1. The van der Waals surface area contributed by atoms with Gasteiger partial charge in [0.1, 0.15) is 5.75 Å². The molecular formula is C20H24ClNO4S2. The summed E-state index contributed by atoms with van der Waals surface area (Å²) in [5.74, 6) is 0.532. The maximum atomic E-state index is 12.8. The number of hydrogen-bond donors (Lipinski definition) is 1. The number of carbonyl (C=O) groups excluding carboxylic acids is 1. The normalized spacial score (nSPS) is 15.4. The first-order chi connectivity index (χ1) is 13.3. The zero-order valence-electron chi connectivity index (χ0n) is 15.7. The molecule has 1 N–H and O–H groups in total. The standard InChI is InChI=1S/C20H24ClNO4S2/c1-14(23)22-12-11-17-8-10-20(27-17)28(24,25)26-19-9-7-16(21)13-18(19)15-5-3-2-4-6-15/h7-10,13,15H,2-6,11-12H2,1H3,(H,22,23). The first-order valence-electron chi connectivity index (χ1n) is 9.42. The highest BCUT2D eigenvalue weighted by molar-refractivity contribution is 7.89. The molecule has 1 aromatic carbocycles. The van der Waals surface area contributed by atoms with Crippen molar-refractivity contribution < 1.29 is 17.4 Å². The van der Waals surface area contributed by atoms with Crippen LogP contribution in [0.1, 0.15) is 55.4 Å². The number of rotatable bonds is 7. The Hall–Kier alpha value is -1.57. The summed E-state index contributed by atoms with van der Waals surface area (Å²) in [5.41, 5.74) is 0.873. The van der Waals surface area contributed by atoms with Crippen LogP contribution in [0.4, 0.5) is 0 Å². The molecule has 28 heavy (non-hydrogen) atoms. The van der Waals surface area contributed by atoms with E-state index in [1.807, 2.05) is 6.07 Å². The zero-order chi connectivity index (χ0) is 20.1. The van der Waals surface area contributed by atoms with Crippen LogP contribution in [0.3, 0.4) is 0 Å². The summed E-state index contributed by atoms with van der Waals surface area (Å²) in [6, 6.07) is 8.45. The van der Waals surface area contributed by atoms with Gasteiger partial charge in [-0.05, 0) is 55.5 Å². The van der Waals surface area contributed by atoms with E-state index in [2.05, 4.69) is 5.32 Å². The molecule has 0 spiro atoms. The van der Waals surface area contributed by atoms with E-state index in [4.69, 9.17) is 15.8 Å². The SMILES string of the molecule is CC(=O)NCCc1ccc(S(=O)(=O)Oc2ccc(Cl)cc2C2CCCCC2)s1. The molecule has 5 nitrogen and oxygen atoms in total. The quantitative estimate of drug-likeness (QED) is 0.620. The topological polar surface area (TPSA) is 72.5 Å². The first-order valence-corrected chi connectivity index (χ1v) is 12.0. The van der Waals surface area contributed by atoms with E-state index in [0.29, 0.717) is 23.7 Å². The molecule has 3 rings (SSSR count). The number of benzene rings is 1. The number of halogens is 1. The van der Waals surface area contributed by atoms with Crippen molar-refractivity contribution in [3.05, 3.63) is 45.8 Å². The van der Waals surface area contributed by atoms with Gasteiger partial charge in [-0.2, -0.15) is 8.42 Å². The van der Waals surface area contributed by atoms with Crippen LogP contribution in [-0.2, 0) is 21.3 Å². The van der Waals surface area contributed by atoms with Crippen LogP contribution in [0.15, 0.2) is 34.5 Å². The van der Waals surface area contributed by atoms with E-state index < -0.39 is 10.1 Å². The van der Waals surface area contributed by atoms with Gasteiger partial charge < -0.3 is 9.50 Å². The molecule has 0 saturated heterocycles. The number of amides is 1. The molecule has 0 radical (unpaired) electrons. The molecule has 1 aromatic heterocycles. The molecule has 1 heterocycles. The van der Waals surface area contributed by atoms with E-state index in [1.54, 1.807) is 24.3 Å². The second kappa shape index (κ2) is 9.29. The Morgan fingerprint density at radius 1 is 1.21 bits per heavy atom. The Bertz CT molecular complexity index is 933. The van der Waals surface area contributed by atoms with E-state index in [0.717, 1.165) is 36.1 Å². The highest BCUT2D eigenvalue weighted by Gasteiger charge is 2.25. The third kappa shape index (κ3) is 5.49. The van der Waals surface area contributed by atoms with Crippen molar-refractivity contribution in [2.75, 3.05) is 6.54 Å². The second-order valence-electron chi connectivity index (χ2n) is 7.01. The van der Waals surface area contributed by atoms with Crippen LogP contribution in [0.5, 0.6) is 5.75 Å². The third-order valence-corrected chi connectivity index (χ3v) is 7.91. The first kappa shape index (κ1) is 21.1. The summed E-state index contributed by atoms with van der Waals surface area (Å²) >= 11 is 7.33. The van der Waals surface area contributed by atoms with Crippen molar-refractivity contribution in [1.82, 2.24) is 5.32 Å². The molecule has 0 unspecified atom stereocenters. The average molecular weight is 442 g/mol. The van der Waals surface area contributed by atoms with Gasteiger partial charge >= 0.3 is 10.1 Å². The molecule has 152 valence electrons.